The average molecular weight is 466 g/mol. The van der Waals surface area contributed by atoms with Crippen molar-refractivity contribution in [3.8, 4) is 11.4 Å². The Morgan fingerprint density at radius 2 is 1.91 bits per heavy atom. The lowest BCUT2D eigenvalue weighted by atomic mass is 9.40. The first-order valence-corrected chi connectivity index (χ1v) is 11.4. The molecule has 3 aliphatic carbocycles. The van der Waals surface area contributed by atoms with Crippen molar-refractivity contribution in [1.29, 1.82) is 0 Å². The predicted molar refractivity (Wildman–Crippen MR) is 120 cm³/mol. The third-order valence-electron chi connectivity index (χ3n) is 7.34. The summed E-state index contributed by atoms with van der Waals surface area (Å²) in [6.07, 6.45) is 4.59. The van der Waals surface area contributed by atoms with Gasteiger partial charge >= 0.3 is 0 Å². The number of halogens is 2. The van der Waals surface area contributed by atoms with Crippen molar-refractivity contribution in [2.24, 2.45) is 0 Å². The van der Waals surface area contributed by atoms with Crippen LogP contribution in [-0.2, 0) is 12.0 Å². The van der Waals surface area contributed by atoms with Gasteiger partial charge < -0.3 is 18.8 Å². The molecule has 4 aliphatic rings. The zero-order valence-corrected chi connectivity index (χ0v) is 18.8. The van der Waals surface area contributed by atoms with Crippen molar-refractivity contribution in [2.45, 2.75) is 43.8 Å². The molecule has 3 fully saturated rings. The Kier molecular flexibility index (Phi) is 4.49. The topological polar surface area (TPSA) is 69.4 Å². The zero-order valence-electron chi connectivity index (χ0n) is 18.8. The van der Waals surface area contributed by atoms with Crippen LogP contribution < -0.4 is 10.3 Å². The van der Waals surface area contributed by atoms with E-state index in [-0.39, 0.29) is 29.3 Å². The third-order valence-corrected chi connectivity index (χ3v) is 7.34. The smallest absolute Gasteiger partial charge is 0.275 e. The van der Waals surface area contributed by atoms with E-state index in [0.717, 1.165) is 11.3 Å². The van der Waals surface area contributed by atoms with Crippen molar-refractivity contribution in [3.05, 3.63) is 76.0 Å². The van der Waals surface area contributed by atoms with Gasteiger partial charge in [-0.3, -0.25) is 9.59 Å². The lowest BCUT2D eigenvalue weighted by Gasteiger charge is -2.66. The summed E-state index contributed by atoms with van der Waals surface area (Å²) in [6.45, 7) is 3.15. The molecule has 7 nitrogen and oxygen atoms in total. The number of nitrogens with zero attached hydrogens (tertiary/aromatic N) is 4. The highest BCUT2D eigenvalue weighted by Crippen LogP contribution is 2.71. The lowest BCUT2D eigenvalue weighted by molar-refractivity contribution is -0.158. The fraction of sp³-hybridized carbons (Fsp3) is 0.400. The van der Waals surface area contributed by atoms with Gasteiger partial charge in [-0.25, -0.2) is 13.8 Å². The van der Waals surface area contributed by atoms with Crippen molar-refractivity contribution in [1.82, 2.24) is 19.0 Å². The molecule has 0 spiro atoms. The number of aryl methyl sites for hydroxylation is 1. The Morgan fingerprint density at radius 1 is 1.12 bits per heavy atom. The van der Waals surface area contributed by atoms with E-state index in [4.69, 9.17) is 4.74 Å². The SMILES string of the molecule is Cc1cn(-c2ccc3n(c2=O)CCN(CCOc2ccc(F)cc2C24CC(F)(C2)C4)C3=O)cn1. The third kappa shape index (κ3) is 3.17. The summed E-state index contributed by atoms with van der Waals surface area (Å²) in [4.78, 5) is 31.8. The maximum Gasteiger partial charge on any atom is 0.275 e. The standard InChI is InChI=1S/C25H24F2N4O3/c1-16-11-30(15-28-16)19-3-4-20-22(32)29(6-7-31(20)23(19)33)8-9-34-21-5-2-17(26)10-18(21)24-12-25(27,13-24)14-24/h2-5,10-11,15H,6-9,12-14H2,1H3. The van der Waals surface area contributed by atoms with Gasteiger partial charge in [0.15, 0.2) is 0 Å². The van der Waals surface area contributed by atoms with Crippen LogP contribution in [0.4, 0.5) is 8.78 Å². The van der Waals surface area contributed by atoms with E-state index < -0.39 is 5.67 Å². The van der Waals surface area contributed by atoms with Crippen molar-refractivity contribution in [3.63, 3.8) is 0 Å². The monoisotopic (exact) mass is 466 g/mol. The molecule has 2 bridgehead atoms. The van der Waals surface area contributed by atoms with E-state index >= 15 is 0 Å². The molecule has 0 saturated heterocycles. The molecule has 176 valence electrons. The van der Waals surface area contributed by atoms with Crippen LogP contribution in [0, 0.1) is 12.7 Å². The number of rotatable bonds is 6. The first-order valence-electron chi connectivity index (χ1n) is 11.4. The Morgan fingerprint density at radius 3 is 2.62 bits per heavy atom. The van der Waals surface area contributed by atoms with Crippen LogP contribution in [0.3, 0.4) is 0 Å². The second-order valence-corrected chi connectivity index (χ2v) is 9.73. The molecule has 0 unspecified atom stereocenters. The first kappa shape index (κ1) is 21.1. The summed E-state index contributed by atoms with van der Waals surface area (Å²) in [6, 6.07) is 7.67. The fourth-order valence-electron chi connectivity index (χ4n) is 5.68. The molecule has 3 heterocycles. The van der Waals surface area contributed by atoms with E-state index in [1.807, 2.05) is 6.92 Å². The molecular weight excluding hydrogens is 442 g/mol. The van der Waals surface area contributed by atoms with Crippen LogP contribution in [0.2, 0.25) is 0 Å². The Hall–Kier alpha value is -3.49. The van der Waals surface area contributed by atoms with Crippen LogP contribution in [0.1, 0.15) is 41.0 Å². The minimum absolute atomic E-state index is 0.220. The second kappa shape index (κ2) is 7.25. The molecule has 2 aromatic heterocycles. The summed E-state index contributed by atoms with van der Waals surface area (Å²) in [5.74, 6) is -0.0543. The number of carbonyl (C=O) groups excluding carboxylic acids is 1. The summed E-state index contributed by atoms with van der Waals surface area (Å²) >= 11 is 0. The summed E-state index contributed by atoms with van der Waals surface area (Å²) in [7, 11) is 0. The molecule has 0 radical (unpaired) electrons. The molecule has 34 heavy (non-hydrogen) atoms. The van der Waals surface area contributed by atoms with Gasteiger partial charge in [-0.15, -0.1) is 0 Å². The van der Waals surface area contributed by atoms with Gasteiger partial charge in [0.2, 0.25) is 0 Å². The van der Waals surface area contributed by atoms with Gasteiger partial charge in [0.05, 0.1) is 18.6 Å². The number of hydrogen-bond donors (Lipinski definition) is 0. The summed E-state index contributed by atoms with van der Waals surface area (Å²) in [5, 5.41) is 0. The first-order chi connectivity index (χ1) is 16.3. The number of imidazole rings is 1. The van der Waals surface area contributed by atoms with Crippen LogP contribution >= 0.6 is 0 Å². The number of pyridine rings is 1. The quantitative estimate of drug-likeness (QED) is 0.560. The van der Waals surface area contributed by atoms with Crippen molar-refractivity contribution < 1.29 is 18.3 Å². The number of fused-ring (bicyclic) bond motifs is 1. The minimum Gasteiger partial charge on any atom is -0.491 e. The highest BCUT2D eigenvalue weighted by Gasteiger charge is 2.70. The van der Waals surface area contributed by atoms with Crippen molar-refractivity contribution >= 4 is 5.91 Å². The zero-order chi connectivity index (χ0) is 23.7. The largest absolute Gasteiger partial charge is 0.491 e. The van der Waals surface area contributed by atoms with Crippen LogP contribution in [0.15, 0.2) is 47.7 Å². The molecule has 0 N–H and O–H groups in total. The second-order valence-electron chi connectivity index (χ2n) is 9.73. The fourth-order valence-corrected chi connectivity index (χ4v) is 5.68. The molecule has 1 amide bonds. The number of carbonyl (C=O) groups is 1. The number of amides is 1. The highest BCUT2D eigenvalue weighted by atomic mass is 19.1. The van der Waals surface area contributed by atoms with E-state index in [1.165, 1.54) is 16.7 Å². The highest BCUT2D eigenvalue weighted by molar-refractivity contribution is 5.93. The maximum atomic E-state index is 14.0. The molecule has 3 saturated carbocycles. The van der Waals surface area contributed by atoms with E-state index in [1.54, 1.807) is 40.2 Å². The summed E-state index contributed by atoms with van der Waals surface area (Å²) in [5.41, 5.74) is 0.648. The molecule has 1 aromatic carbocycles. The van der Waals surface area contributed by atoms with Gasteiger partial charge in [-0.1, -0.05) is 0 Å². The Balaban J connectivity index is 1.15. The molecule has 7 rings (SSSR count). The Bertz CT molecular complexity index is 1360. The minimum atomic E-state index is -1.09. The number of alkyl halides is 1. The van der Waals surface area contributed by atoms with Gasteiger partial charge in [-0.05, 0) is 56.5 Å². The van der Waals surface area contributed by atoms with Gasteiger partial charge in [0, 0.05) is 30.3 Å². The molecule has 1 aliphatic heterocycles. The normalized spacial score (nSPS) is 24.9. The molecule has 3 aromatic rings. The number of benzene rings is 1. The maximum absolute atomic E-state index is 14.0. The molecular formula is C25H24F2N4O3. The van der Waals surface area contributed by atoms with E-state index in [2.05, 4.69) is 4.98 Å². The molecule has 9 heteroatoms. The van der Waals surface area contributed by atoms with Crippen LogP contribution in [0.5, 0.6) is 5.75 Å². The van der Waals surface area contributed by atoms with Gasteiger partial charge in [0.25, 0.3) is 11.5 Å². The summed E-state index contributed by atoms with van der Waals surface area (Å²) < 4.78 is 37.0. The average Bonchev–Trinajstić information content (AvgIpc) is 3.20. The number of hydrogen-bond acceptors (Lipinski definition) is 4. The predicted octanol–water partition coefficient (Wildman–Crippen LogP) is 3.16. The van der Waals surface area contributed by atoms with E-state index in [0.29, 0.717) is 56.0 Å². The van der Waals surface area contributed by atoms with Gasteiger partial charge in [0.1, 0.15) is 35.2 Å². The van der Waals surface area contributed by atoms with Crippen LogP contribution in [0.25, 0.3) is 5.69 Å². The van der Waals surface area contributed by atoms with Crippen molar-refractivity contribution in [2.75, 3.05) is 19.7 Å². The number of ether oxygens (including phenoxy) is 1. The molecule has 0 atom stereocenters. The Labute approximate surface area is 194 Å². The lowest BCUT2D eigenvalue weighted by Crippen LogP contribution is -2.67. The van der Waals surface area contributed by atoms with E-state index in [9.17, 15) is 18.4 Å². The van der Waals surface area contributed by atoms with Crippen LogP contribution in [-0.4, -0.2) is 50.3 Å². The number of aromatic nitrogens is 3. The van der Waals surface area contributed by atoms with Gasteiger partial charge in [-0.2, -0.15) is 0 Å².